The van der Waals surface area contributed by atoms with Gasteiger partial charge in [0.05, 0.1) is 0 Å². The fourth-order valence-corrected chi connectivity index (χ4v) is 3.41. The van der Waals surface area contributed by atoms with Crippen LogP contribution in [0.1, 0.15) is 27.0 Å². The molecule has 4 nitrogen and oxygen atoms in total. The molecular weight excluding hydrogens is 369 g/mol. The highest BCUT2D eigenvalue weighted by molar-refractivity contribution is 5.94. The van der Waals surface area contributed by atoms with E-state index in [1.165, 1.54) is 12.1 Å². The van der Waals surface area contributed by atoms with Crippen molar-refractivity contribution < 1.29 is 18.7 Å². The number of hydrogen-bond acceptors (Lipinski definition) is 3. The van der Waals surface area contributed by atoms with Crippen LogP contribution in [0.2, 0.25) is 0 Å². The molecule has 0 aliphatic carbocycles. The summed E-state index contributed by atoms with van der Waals surface area (Å²) in [4.78, 5) is 12.8. The van der Waals surface area contributed by atoms with E-state index in [1.54, 1.807) is 12.1 Å². The molecule has 3 aromatic rings. The minimum Gasteiger partial charge on any atom is -0.454 e. The van der Waals surface area contributed by atoms with Crippen molar-refractivity contribution >= 4 is 5.91 Å². The van der Waals surface area contributed by atoms with Gasteiger partial charge >= 0.3 is 0 Å². The van der Waals surface area contributed by atoms with Gasteiger partial charge in [0.15, 0.2) is 11.5 Å². The Kier molecular flexibility index (Phi) is 5.47. The summed E-state index contributed by atoms with van der Waals surface area (Å²) in [6.07, 6.45) is 1.21. The number of carbonyl (C=O) groups is 1. The average molecular weight is 391 g/mol. The van der Waals surface area contributed by atoms with Gasteiger partial charge in [0.25, 0.3) is 5.91 Å². The second-order valence-electron chi connectivity index (χ2n) is 7.26. The van der Waals surface area contributed by atoms with Crippen molar-refractivity contribution in [2.75, 3.05) is 6.79 Å². The zero-order valence-corrected chi connectivity index (χ0v) is 16.2. The SMILES string of the molecule is Cc1ccc(C(=O)N[C@H](Cc2ccc(F)cc2)Cc2ccc3c(c2)OCO3)cc1. The van der Waals surface area contributed by atoms with Crippen LogP contribution in [-0.4, -0.2) is 18.7 Å². The van der Waals surface area contributed by atoms with Crippen molar-refractivity contribution in [2.45, 2.75) is 25.8 Å². The fourth-order valence-electron chi connectivity index (χ4n) is 3.41. The van der Waals surface area contributed by atoms with Gasteiger partial charge in [-0.3, -0.25) is 4.79 Å². The molecule has 0 spiro atoms. The van der Waals surface area contributed by atoms with E-state index in [1.807, 2.05) is 49.4 Å². The molecule has 1 aliphatic rings. The highest BCUT2D eigenvalue weighted by Gasteiger charge is 2.18. The minimum atomic E-state index is -0.273. The smallest absolute Gasteiger partial charge is 0.251 e. The summed E-state index contributed by atoms with van der Waals surface area (Å²) in [5, 5.41) is 3.13. The molecule has 0 radical (unpaired) electrons. The molecule has 3 aromatic carbocycles. The van der Waals surface area contributed by atoms with Crippen LogP contribution >= 0.6 is 0 Å². The van der Waals surface area contributed by atoms with Gasteiger partial charge in [-0.15, -0.1) is 0 Å². The number of nitrogens with one attached hydrogen (secondary N) is 1. The van der Waals surface area contributed by atoms with Crippen LogP contribution < -0.4 is 14.8 Å². The van der Waals surface area contributed by atoms with E-state index in [0.29, 0.717) is 24.2 Å². The van der Waals surface area contributed by atoms with Gasteiger partial charge in [-0.05, 0) is 67.3 Å². The maximum atomic E-state index is 13.3. The molecule has 0 saturated carbocycles. The number of aryl methyl sites for hydroxylation is 1. The molecule has 0 saturated heterocycles. The van der Waals surface area contributed by atoms with Gasteiger partial charge in [0.1, 0.15) is 5.82 Å². The van der Waals surface area contributed by atoms with E-state index in [9.17, 15) is 9.18 Å². The lowest BCUT2D eigenvalue weighted by Crippen LogP contribution is -2.38. The monoisotopic (exact) mass is 391 g/mol. The van der Waals surface area contributed by atoms with E-state index >= 15 is 0 Å². The minimum absolute atomic E-state index is 0.127. The Labute approximate surface area is 169 Å². The molecule has 1 atom stereocenters. The quantitative estimate of drug-likeness (QED) is 0.676. The molecule has 29 heavy (non-hydrogen) atoms. The summed E-state index contributed by atoms with van der Waals surface area (Å²) in [6.45, 7) is 2.21. The van der Waals surface area contributed by atoms with Gasteiger partial charge in [-0.25, -0.2) is 4.39 Å². The largest absolute Gasteiger partial charge is 0.454 e. The van der Waals surface area contributed by atoms with E-state index in [4.69, 9.17) is 9.47 Å². The number of rotatable bonds is 6. The van der Waals surface area contributed by atoms with Crippen molar-refractivity contribution in [3.05, 3.63) is 94.8 Å². The zero-order chi connectivity index (χ0) is 20.2. The maximum absolute atomic E-state index is 13.3. The number of carbonyl (C=O) groups excluding carboxylic acids is 1. The van der Waals surface area contributed by atoms with E-state index in [-0.39, 0.29) is 24.6 Å². The summed E-state index contributed by atoms with van der Waals surface area (Å²) in [5.74, 6) is 1.04. The lowest BCUT2D eigenvalue weighted by molar-refractivity contribution is 0.0936. The lowest BCUT2D eigenvalue weighted by atomic mass is 9.98. The third kappa shape index (κ3) is 4.74. The first kappa shape index (κ1) is 19.0. The molecule has 5 heteroatoms. The number of amides is 1. The molecule has 0 bridgehead atoms. The Bertz CT molecular complexity index is 1000. The van der Waals surface area contributed by atoms with Crippen LogP contribution in [0.5, 0.6) is 11.5 Å². The number of fused-ring (bicyclic) bond motifs is 1. The number of halogens is 1. The summed E-state index contributed by atoms with van der Waals surface area (Å²) >= 11 is 0. The summed E-state index contributed by atoms with van der Waals surface area (Å²) in [7, 11) is 0. The highest BCUT2D eigenvalue weighted by atomic mass is 19.1. The first-order valence-corrected chi connectivity index (χ1v) is 9.57. The third-order valence-electron chi connectivity index (χ3n) is 4.96. The van der Waals surface area contributed by atoms with Crippen LogP contribution in [0.3, 0.4) is 0 Å². The first-order valence-electron chi connectivity index (χ1n) is 9.57. The first-order chi connectivity index (χ1) is 14.1. The lowest BCUT2D eigenvalue weighted by Gasteiger charge is -2.20. The molecular formula is C24H22FNO3. The van der Waals surface area contributed by atoms with Crippen molar-refractivity contribution in [3.63, 3.8) is 0 Å². The molecule has 1 heterocycles. The second kappa shape index (κ2) is 8.35. The second-order valence-corrected chi connectivity index (χ2v) is 7.26. The summed E-state index contributed by atoms with van der Waals surface area (Å²) in [6, 6.07) is 19.5. The number of benzene rings is 3. The third-order valence-corrected chi connectivity index (χ3v) is 4.96. The maximum Gasteiger partial charge on any atom is 0.251 e. The molecule has 4 rings (SSSR count). The van der Waals surface area contributed by atoms with Crippen LogP contribution in [0.4, 0.5) is 4.39 Å². The molecule has 148 valence electrons. The molecule has 1 amide bonds. The average Bonchev–Trinajstić information content (AvgIpc) is 3.18. The van der Waals surface area contributed by atoms with Gasteiger partial charge in [0, 0.05) is 11.6 Å². The van der Waals surface area contributed by atoms with Gasteiger partial charge in [-0.1, -0.05) is 35.9 Å². The van der Waals surface area contributed by atoms with Crippen molar-refractivity contribution in [3.8, 4) is 11.5 Å². The normalized spacial score (nSPS) is 13.2. The summed E-state index contributed by atoms with van der Waals surface area (Å²) in [5.41, 5.74) is 3.71. The number of ether oxygens (including phenoxy) is 2. The van der Waals surface area contributed by atoms with E-state index in [2.05, 4.69) is 5.32 Å². The van der Waals surface area contributed by atoms with E-state index in [0.717, 1.165) is 22.4 Å². The Morgan fingerprint density at radius 3 is 2.34 bits per heavy atom. The summed E-state index contributed by atoms with van der Waals surface area (Å²) < 4.78 is 24.1. The Hall–Kier alpha value is -3.34. The van der Waals surface area contributed by atoms with Crippen LogP contribution in [-0.2, 0) is 12.8 Å². The standard InChI is InChI=1S/C24H22FNO3/c1-16-2-7-19(8-3-16)24(27)26-21(12-17-4-9-20(25)10-5-17)13-18-6-11-22-23(14-18)29-15-28-22/h2-11,14,21H,12-13,15H2,1H3,(H,26,27)/t21-/m1/s1. The predicted molar refractivity (Wildman–Crippen MR) is 109 cm³/mol. The van der Waals surface area contributed by atoms with Gasteiger partial charge in [0.2, 0.25) is 6.79 Å². The predicted octanol–water partition coefficient (Wildman–Crippen LogP) is 4.45. The highest BCUT2D eigenvalue weighted by Crippen LogP contribution is 2.33. The zero-order valence-electron chi connectivity index (χ0n) is 16.2. The Morgan fingerprint density at radius 2 is 1.59 bits per heavy atom. The molecule has 1 aliphatic heterocycles. The van der Waals surface area contributed by atoms with E-state index < -0.39 is 0 Å². The van der Waals surface area contributed by atoms with Crippen molar-refractivity contribution in [2.24, 2.45) is 0 Å². The Balaban J connectivity index is 1.53. The Morgan fingerprint density at radius 1 is 0.931 bits per heavy atom. The van der Waals surface area contributed by atoms with Crippen molar-refractivity contribution in [1.29, 1.82) is 0 Å². The molecule has 0 aromatic heterocycles. The van der Waals surface area contributed by atoms with Crippen LogP contribution in [0.25, 0.3) is 0 Å². The topological polar surface area (TPSA) is 47.6 Å². The van der Waals surface area contributed by atoms with Crippen LogP contribution in [0, 0.1) is 12.7 Å². The van der Waals surface area contributed by atoms with Crippen molar-refractivity contribution in [1.82, 2.24) is 5.32 Å². The van der Waals surface area contributed by atoms with Crippen LogP contribution in [0.15, 0.2) is 66.7 Å². The molecule has 1 N–H and O–H groups in total. The number of hydrogen-bond donors (Lipinski definition) is 1. The van der Waals surface area contributed by atoms with Gasteiger partial charge in [-0.2, -0.15) is 0 Å². The van der Waals surface area contributed by atoms with Gasteiger partial charge < -0.3 is 14.8 Å². The molecule has 0 fully saturated rings. The fraction of sp³-hybridized carbons (Fsp3) is 0.208. The molecule has 0 unspecified atom stereocenters.